The SMILES string of the molecule is CCCCCCCCCCCC/C=C/CC/C=C/[C@@H](O)[C@H](CO)NC(=O)CCCCCCCCCCCCC. The van der Waals surface area contributed by atoms with Gasteiger partial charge in [-0.2, -0.15) is 0 Å². The van der Waals surface area contributed by atoms with Crippen LogP contribution in [0.5, 0.6) is 0 Å². The van der Waals surface area contributed by atoms with Crippen molar-refractivity contribution in [3.63, 3.8) is 0 Å². The van der Waals surface area contributed by atoms with Crippen LogP contribution in [-0.2, 0) is 4.79 Å². The van der Waals surface area contributed by atoms with Crippen molar-refractivity contribution in [1.29, 1.82) is 0 Å². The highest BCUT2D eigenvalue weighted by Gasteiger charge is 2.17. The first kappa shape index (κ1) is 37.9. The number of aliphatic hydroxyl groups is 2. The van der Waals surface area contributed by atoms with Crippen LogP contribution in [0.3, 0.4) is 0 Å². The van der Waals surface area contributed by atoms with Crippen LogP contribution in [0.25, 0.3) is 0 Å². The van der Waals surface area contributed by atoms with Crippen molar-refractivity contribution in [1.82, 2.24) is 5.32 Å². The molecular weight excluding hydrogens is 482 g/mol. The Labute approximate surface area is 243 Å². The molecule has 0 radical (unpaired) electrons. The van der Waals surface area contributed by atoms with Crippen LogP contribution in [0.4, 0.5) is 0 Å². The second-order valence-electron chi connectivity index (χ2n) is 11.6. The first-order valence-corrected chi connectivity index (χ1v) is 17.1. The number of rotatable bonds is 30. The third-order valence-corrected chi connectivity index (χ3v) is 7.69. The molecule has 0 spiro atoms. The smallest absolute Gasteiger partial charge is 0.220 e. The summed E-state index contributed by atoms with van der Waals surface area (Å²) in [5, 5.41) is 22.8. The van der Waals surface area contributed by atoms with Crippen molar-refractivity contribution in [3.05, 3.63) is 24.3 Å². The van der Waals surface area contributed by atoms with E-state index in [0.717, 1.165) is 32.1 Å². The van der Waals surface area contributed by atoms with Gasteiger partial charge in [0, 0.05) is 6.42 Å². The highest BCUT2D eigenvalue weighted by atomic mass is 16.3. The van der Waals surface area contributed by atoms with Gasteiger partial charge >= 0.3 is 0 Å². The fourth-order valence-corrected chi connectivity index (χ4v) is 5.02. The molecule has 0 aromatic rings. The number of hydrogen-bond acceptors (Lipinski definition) is 3. The molecule has 0 bridgehead atoms. The maximum absolute atomic E-state index is 12.2. The number of amides is 1. The molecule has 0 saturated heterocycles. The Hall–Kier alpha value is -1.13. The van der Waals surface area contributed by atoms with E-state index in [-0.39, 0.29) is 12.5 Å². The molecule has 0 unspecified atom stereocenters. The van der Waals surface area contributed by atoms with E-state index in [0.29, 0.717) is 6.42 Å². The van der Waals surface area contributed by atoms with Gasteiger partial charge in [-0.3, -0.25) is 4.79 Å². The van der Waals surface area contributed by atoms with E-state index in [1.165, 1.54) is 122 Å². The Bertz CT molecular complexity index is 560. The van der Waals surface area contributed by atoms with Gasteiger partial charge in [0.1, 0.15) is 0 Å². The monoisotopic (exact) mass is 550 g/mol. The number of carbonyl (C=O) groups is 1. The van der Waals surface area contributed by atoms with Crippen LogP contribution in [0.2, 0.25) is 0 Å². The predicted octanol–water partition coefficient (Wildman–Crippen LogP) is 9.73. The summed E-state index contributed by atoms with van der Waals surface area (Å²) >= 11 is 0. The molecule has 2 atom stereocenters. The van der Waals surface area contributed by atoms with E-state index >= 15 is 0 Å². The fourth-order valence-electron chi connectivity index (χ4n) is 5.02. The highest BCUT2D eigenvalue weighted by molar-refractivity contribution is 5.76. The molecule has 0 aliphatic heterocycles. The number of aliphatic hydroxyl groups excluding tert-OH is 2. The van der Waals surface area contributed by atoms with Crippen molar-refractivity contribution in [2.75, 3.05) is 6.61 Å². The summed E-state index contributed by atoms with van der Waals surface area (Å²) in [4.78, 5) is 12.2. The standard InChI is InChI=1S/C35H67NO3/c1-3-5-7-9-11-13-15-16-17-18-19-21-22-24-26-28-30-34(38)33(32-37)36-35(39)31-29-27-25-23-20-14-12-10-8-6-4-2/h21-22,28,30,33-34,37-38H,3-20,23-27,29,31-32H2,1-2H3,(H,36,39)/b22-21+,30-28+/t33-,34+/m0/s1. The lowest BCUT2D eigenvalue weighted by Crippen LogP contribution is -2.45. The number of unbranched alkanes of at least 4 members (excludes halogenated alkanes) is 21. The van der Waals surface area contributed by atoms with Crippen molar-refractivity contribution in [3.8, 4) is 0 Å². The molecule has 4 nitrogen and oxygen atoms in total. The van der Waals surface area contributed by atoms with Crippen LogP contribution in [0, 0.1) is 0 Å². The molecule has 0 aromatic heterocycles. The zero-order valence-corrected chi connectivity index (χ0v) is 26.2. The second kappa shape index (κ2) is 31.4. The second-order valence-corrected chi connectivity index (χ2v) is 11.6. The van der Waals surface area contributed by atoms with Crippen molar-refractivity contribution < 1.29 is 15.0 Å². The molecule has 0 heterocycles. The minimum atomic E-state index is -0.855. The Morgan fingerprint density at radius 2 is 1.00 bits per heavy atom. The number of hydrogen-bond donors (Lipinski definition) is 3. The lowest BCUT2D eigenvalue weighted by molar-refractivity contribution is -0.123. The Balaban J connectivity index is 3.69. The number of allylic oxidation sites excluding steroid dienone is 3. The van der Waals surface area contributed by atoms with Gasteiger partial charge in [-0.15, -0.1) is 0 Å². The summed E-state index contributed by atoms with van der Waals surface area (Å²) in [6, 6.07) is -0.631. The fraction of sp³-hybridized carbons (Fsp3) is 0.857. The number of carbonyl (C=O) groups excluding carboxylic acids is 1. The average Bonchev–Trinajstić information content (AvgIpc) is 2.94. The maximum Gasteiger partial charge on any atom is 0.220 e. The predicted molar refractivity (Wildman–Crippen MR) is 170 cm³/mol. The van der Waals surface area contributed by atoms with Gasteiger partial charge in [-0.05, 0) is 32.1 Å². The van der Waals surface area contributed by atoms with Gasteiger partial charge in [0.15, 0.2) is 0 Å². The van der Waals surface area contributed by atoms with E-state index in [1.807, 2.05) is 6.08 Å². The largest absolute Gasteiger partial charge is 0.394 e. The molecular formula is C35H67NO3. The van der Waals surface area contributed by atoms with Crippen LogP contribution >= 0.6 is 0 Å². The third-order valence-electron chi connectivity index (χ3n) is 7.69. The Morgan fingerprint density at radius 1 is 0.590 bits per heavy atom. The lowest BCUT2D eigenvalue weighted by atomic mass is 10.0. The van der Waals surface area contributed by atoms with E-state index < -0.39 is 12.1 Å². The normalized spacial score (nSPS) is 13.4. The maximum atomic E-state index is 12.2. The Kier molecular flexibility index (Phi) is 30.5. The summed E-state index contributed by atoms with van der Waals surface area (Å²) in [6.45, 7) is 4.27. The van der Waals surface area contributed by atoms with Gasteiger partial charge < -0.3 is 15.5 Å². The summed E-state index contributed by atoms with van der Waals surface area (Å²) in [7, 11) is 0. The quantitative estimate of drug-likeness (QED) is 0.0617. The molecule has 39 heavy (non-hydrogen) atoms. The van der Waals surface area contributed by atoms with Crippen LogP contribution < -0.4 is 5.32 Å². The molecule has 0 aromatic carbocycles. The lowest BCUT2D eigenvalue weighted by Gasteiger charge is -2.19. The molecule has 0 rings (SSSR count). The minimum Gasteiger partial charge on any atom is -0.394 e. The van der Waals surface area contributed by atoms with E-state index in [4.69, 9.17) is 0 Å². The van der Waals surface area contributed by atoms with Crippen molar-refractivity contribution in [2.24, 2.45) is 0 Å². The summed E-state index contributed by atoms with van der Waals surface area (Å²) < 4.78 is 0. The first-order chi connectivity index (χ1) is 19.2. The molecule has 1 amide bonds. The topological polar surface area (TPSA) is 69.6 Å². The summed E-state index contributed by atoms with van der Waals surface area (Å²) in [6.07, 6.45) is 38.3. The first-order valence-electron chi connectivity index (χ1n) is 17.1. The van der Waals surface area contributed by atoms with Gasteiger partial charge in [0.2, 0.25) is 5.91 Å². The van der Waals surface area contributed by atoms with E-state index in [9.17, 15) is 15.0 Å². The van der Waals surface area contributed by atoms with Crippen molar-refractivity contribution in [2.45, 2.75) is 187 Å². The van der Waals surface area contributed by atoms with E-state index in [2.05, 4.69) is 31.3 Å². The third kappa shape index (κ3) is 28.2. The van der Waals surface area contributed by atoms with E-state index in [1.54, 1.807) is 6.08 Å². The van der Waals surface area contributed by atoms with Crippen LogP contribution in [0.1, 0.15) is 174 Å². The molecule has 0 fully saturated rings. The molecule has 0 aliphatic rings. The van der Waals surface area contributed by atoms with Crippen LogP contribution in [0.15, 0.2) is 24.3 Å². The van der Waals surface area contributed by atoms with Gasteiger partial charge in [0.25, 0.3) is 0 Å². The van der Waals surface area contributed by atoms with Gasteiger partial charge in [-0.25, -0.2) is 0 Å². The molecule has 0 aliphatic carbocycles. The molecule has 230 valence electrons. The van der Waals surface area contributed by atoms with Gasteiger partial charge in [-0.1, -0.05) is 160 Å². The van der Waals surface area contributed by atoms with Crippen LogP contribution in [-0.4, -0.2) is 34.9 Å². The zero-order valence-electron chi connectivity index (χ0n) is 26.2. The summed E-state index contributed by atoms with van der Waals surface area (Å²) in [5.41, 5.74) is 0. The average molecular weight is 550 g/mol. The molecule has 3 N–H and O–H groups in total. The zero-order chi connectivity index (χ0) is 28.7. The molecule has 4 heteroatoms. The minimum absolute atomic E-state index is 0.0765. The molecule has 0 saturated carbocycles. The number of nitrogens with one attached hydrogen (secondary N) is 1. The summed E-state index contributed by atoms with van der Waals surface area (Å²) in [5.74, 6) is -0.0765. The van der Waals surface area contributed by atoms with Crippen molar-refractivity contribution >= 4 is 5.91 Å². The van der Waals surface area contributed by atoms with Gasteiger partial charge in [0.05, 0.1) is 18.8 Å². The highest BCUT2D eigenvalue weighted by Crippen LogP contribution is 2.13. The Morgan fingerprint density at radius 3 is 1.49 bits per heavy atom.